The van der Waals surface area contributed by atoms with Crippen molar-refractivity contribution in [1.29, 1.82) is 0 Å². The van der Waals surface area contributed by atoms with Gasteiger partial charge in [0.05, 0.1) is 14.2 Å². The summed E-state index contributed by atoms with van der Waals surface area (Å²) in [5, 5.41) is 0. The number of benzene rings is 1. The monoisotopic (exact) mass is 263 g/mol. The van der Waals surface area contributed by atoms with Crippen molar-refractivity contribution < 1.29 is 9.47 Å². The van der Waals surface area contributed by atoms with Crippen molar-refractivity contribution in [2.45, 2.75) is 32.1 Å². The Balaban J connectivity index is 2.42. The Labute approximate surface area is 116 Å². The van der Waals surface area contributed by atoms with Crippen molar-refractivity contribution in [3.8, 4) is 11.5 Å². The number of rotatable bonds is 4. The van der Waals surface area contributed by atoms with E-state index in [1.807, 2.05) is 18.2 Å². The molecule has 1 saturated carbocycles. The van der Waals surface area contributed by atoms with Crippen LogP contribution in [0.25, 0.3) is 0 Å². The van der Waals surface area contributed by atoms with Crippen molar-refractivity contribution in [1.82, 2.24) is 0 Å². The SMILES string of the molecule is COc1cccc(OC)c1C1CC(C)CCC1CN. The molecule has 3 nitrogen and oxygen atoms in total. The van der Waals surface area contributed by atoms with E-state index in [1.54, 1.807) is 14.2 Å². The summed E-state index contributed by atoms with van der Waals surface area (Å²) in [5.41, 5.74) is 7.18. The number of ether oxygens (including phenoxy) is 2. The van der Waals surface area contributed by atoms with Crippen molar-refractivity contribution in [2.75, 3.05) is 20.8 Å². The van der Waals surface area contributed by atoms with E-state index in [4.69, 9.17) is 15.2 Å². The molecule has 3 unspecified atom stereocenters. The molecular formula is C16H25NO2. The van der Waals surface area contributed by atoms with Crippen molar-refractivity contribution in [3.05, 3.63) is 23.8 Å². The quantitative estimate of drug-likeness (QED) is 0.907. The van der Waals surface area contributed by atoms with E-state index < -0.39 is 0 Å². The first kappa shape index (κ1) is 14.2. The van der Waals surface area contributed by atoms with Crippen molar-refractivity contribution in [3.63, 3.8) is 0 Å². The second-order valence-electron chi connectivity index (χ2n) is 5.60. The van der Waals surface area contributed by atoms with E-state index in [0.29, 0.717) is 11.8 Å². The summed E-state index contributed by atoms with van der Waals surface area (Å²) in [5.74, 6) is 3.57. The first-order valence-corrected chi connectivity index (χ1v) is 7.12. The molecule has 2 N–H and O–H groups in total. The van der Waals surface area contributed by atoms with Crippen LogP contribution in [-0.2, 0) is 0 Å². The van der Waals surface area contributed by atoms with Gasteiger partial charge in [-0.3, -0.25) is 0 Å². The molecule has 0 aliphatic heterocycles. The molecule has 2 rings (SSSR count). The second kappa shape index (κ2) is 6.29. The normalized spacial score (nSPS) is 27.1. The predicted molar refractivity (Wildman–Crippen MR) is 77.8 cm³/mol. The van der Waals surface area contributed by atoms with Gasteiger partial charge in [0.2, 0.25) is 0 Å². The maximum Gasteiger partial charge on any atom is 0.126 e. The molecule has 0 radical (unpaired) electrons. The Kier molecular flexibility index (Phi) is 4.70. The van der Waals surface area contributed by atoms with Gasteiger partial charge in [-0.15, -0.1) is 0 Å². The summed E-state index contributed by atoms with van der Waals surface area (Å²) in [4.78, 5) is 0. The van der Waals surface area contributed by atoms with E-state index in [-0.39, 0.29) is 0 Å². The van der Waals surface area contributed by atoms with Crippen LogP contribution >= 0.6 is 0 Å². The Bertz CT molecular complexity index is 397. The van der Waals surface area contributed by atoms with E-state index in [9.17, 15) is 0 Å². The van der Waals surface area contributed by atoms with Gasteiger partial charge in [0, 0.05) is 5.56 Å². The van der Waals surface area contributed by atoms with Crippen molar-refractivity contribution >= 4 is 0 Å². The Hall–Kier alpha value is -1.22. The fourth-order valence-electron chi connectivity index (χ4n) is 3.32. The molecule has 1 aliphatic rings. The van der Waals surface area contributed by atoms with Gasteiger partial charge in [-0.2, -0.15) is 0 Å². The minimum atomic E-state index is 0.444. The smallest absolute Gasteiger partial charge is 0.126 e. The molecule has 3 atom stereocenters. The maximum absolute atomic E-state index is 5.98. The van der Waals surface area contributed by atoms with Crippen LogP contribution in [0.5, 0.6) is 11.5 Å². The predicted octanol–water partition coefficient (Wildman–Crippen LogP) is 3.18. The lowest BCUT2D eigenvalue weighted by Crippen LogP contribution is -2.28. The van der Waals surface area contributed by atoms with Crippen LogP contribution in [0, 0.1) is 11.8 Å². The molecular weight excluding hydrogens is 238 g/mol. The molecule has 1 aromatic carbocycles. The minimum Gasteiger partial charge on any atom is -0.496 e. The fourth-order valence-corrected chi connectivity index (χ4v) is 3.32. The molecule has 19 heavy (non-hydrogen) atoms. The highest BCUT2D eigenvalue weighted by Crippen LogP contribution is 2.46. The summed E-state index contributed by atoms with van der Waals surface area (Å²) in [6.07, 6.45) is 3.64. The highest BCUT2D eigenvalue weighted by atomic mass is 16.5. The van der Waals surface area contributed by atoms with Gasteiger partial charge < -0.3 is 15.2 Å². The summed E-state index contributed by atoms with van der Waals surface area (Å²) >= 11 is 0. The first-order chi connectivity index (χ1) is 9.21. The lowest BCUT2D eigenvalue weighted by atomic mass is 9.71. The molecule has 106 valence electrons. The third-order valence-corrected chi connectivity index (χ3v) is 4.40. The fraction of sp³-hybridized carbons (Fsp3) is 0.625. The number of nitrogens with two attached hydrogens (primary N) is 1. The average Bonchev–Trinajstić information content (AvgIpc) is 2.46. The molecule has 1 aromatic rings. The topological polar surface area (TPSA) is 44.5 Å². The zero-order chi connectivity index (χ0) is 13.8. The van der Waals surface area contributed by atoms with E-state index >= 15 is 0 Å². The summed E-state index contributed by atoms with van der Waals surface area (Å²) in [7, 11) is 3.45. The molecule has 0 bridgehead atoms. The molecule has 1 fully saturated rings. The first-order valence-electron chi connectivity index (χ1n) is 7.12. The Morgan fingerprint density at radius 3 is 2.32 bits per heavy atom. The van der Waals surface area contributed by atoms with Crippen LogP contribution in [-0.4, -0.2) is 20.8 Å². The van der Waals surface area contributed by atoms with E-state index in [1.165, 1.54) is 24.8 Å². The lowest BCUT2D eigenvalue weighted by molar-refractivity contribution is 0.243. The van der Waals surface area contributed by atoms with E-state index in [2.05, 4.69) is 6.92 Å². The molecule has 0 spiro atoms. The zero-order valence-corrected chi connectivity index (χ0v) is 12.2. The van der Waals surface area contributed by atoms with Gasteiger partial charge in [0.15, 0.2) is 0 Å². The third kappa shape index (κ3) is 2.86. The third-order valence-electron chi connectivity index (χ3n) is 4.40. The summed E-state index contributed by atoms with van der Waals surface area (Å²) in [6.45, 7) is 3.06. The van der Waals surface area contributed by atoms with Crippen molar-refractivity contribution in [2.24, 2.45) is 17.6 Å². The van der Waals surface area contributed by atoms with Gasteiger partial charge in [0.1, 0.15) is 11.5 Å². The second-order valence-corrected chi connectivity index (χ2v) is 5.60. The molecule has 0 heterocycles. The van der Waals surface area contributed by atoms with Gasteiger partial charge in [-0.05, 0) is 49.3 Å². The van der Waals surface area contributed by atoms with Crippen LogP contribution in [0.15, 0.2) is 18.2 Å². The van der Waals surface area contributed by atoms with Crippen LogP contribution in [0.3, 0.4) is 0 Å². The van der Waals surface area contributed by atoms with Crippen LogP contribution in [0.1, 0.15) is 37.7 Å². The van der Waals surface area contributed by atoms with Crippen LogP contribution in [0.4, 0.5) is 0 Å². The highest BCUT2D eigenvalue weighted by Gasteiger charge is 2.32. The molecule has 1 aliphatic carbocycles. The minimum absolute atomic E-state index is 0.444. The standard InChI is InChI=1S/C16H25NO2/c1-11-7-8-12(10-17)13(9-11)16-14(18-2)5-4-6-15(16)19-3/h4-6,11-13H,7-10,17H2,1-3H3. The largest absolute Gasteiger partial charge is 0.496 e. The number of methoxy groups -OCH3 is 2. The maximum atomic E-state index is 5.98. The van der Waals surface area contributed by atoms with Crippen LogP contribution < -0.4 is 15.2 Å². The van der Waals surface area contributed by atoms with Gasteiger partial charge in [0.25, 0.3) is 0 Å². The Morgan fingerprint density at radius 2 is 1.79 bits per heavy atom. The molecule has 0 amide bonds. The number of hydrogen-bond acceptors (Lipinski definition) is 3. The van der Waals surface area contributed by atoms with Crippen LogP contribution in [0.2, 0.25) is 0 Å². The molecule has 0 saturated heterocycles. The number of hydrogen-bond donors (Lipinski definition) is 1. The lowest BCUT2D eigenvalue weighted by Gasteiger charge is -2.35. The summed E-state index contributed by atoms with van der Waals surface area (Å²) in [6, 6.07) is 6.01. The highest BCUT2D eigenvalue weighted by molar-refractivity contribution is 5.47. The average molecular weight is 263 g/mol. The summed E-state index contributed by atoms with van der Waals surface area (Å²) < 4.78 is 11.1. The van der Waals surface area contributed by atoms with Gasteiger partial charge in [-0.25, -0.2) is 0 Å². The molecule has 3 heteroatoms. The van der Waals surface area contributed by atoms with E-state index in [0.717, 1.165) is 24.0 Å². The van der Waals surface area contributed by atoms with Gasteiger partial charge in [-0.1, -0.05) is 19.4 Å². The Morgan fingerprint density at radius 1 is 1.16 bits per heavy atom. The zero-order valence-electron chi connectivity index (χ0n) is 12.2. The molecule has 0 aromatic heterocycles. The van der Waals surface area contributed by atoms with Gasteiger partial charge >= 0.3 is 0 Å².